The molecule has 0 bridgehead atoms. The van der Waals surface area contributed by atoms with Crippen molar-refractivity contribution >= 4 is 0 Å². The van der Waals surface area contributed by atoms with Crippen LogP contribution in [0.2, 0.25) is 0 Å². The van der Waals surface area contributed by atoms with E-state index in [9.17, 15) is 0 Å². The summed E-state index contributed by atoms with van der Waals surface area (Å²) >= 11 is 0. The van der Waals surface area contributed by atoms with Crippen molar-refractivity contribution in [3.8, 4) is 6.07 Å². The Bertz CT molecular complexity index is 192. The number of piperazine rings is 1. The SMILES string of the molecule is CC=CCN1CCNCC1C#N. The van der Waals surface area contributed by atoms with Crippen molar-refractivity contribution in [2.75, 3.05) is 26.2 Å². The van der Waals surface area contributed by atoms with Crippen LogP contribution >= 0.6 is 0 Å². The van der Waals surface area contributed by atoms with E-state index in [-0.39, 0.29) is 6.04 Å². The van der Waals surface area contributed by atoms with Gasteiger partial charge in [-0.05, 0) is 6.92 Å². The van der Waals surface area contributed by atoms with E-state index >= 15 is 0 Å². The van der Waals surface area contributed by atoms with Crippen LogP contribution in [0.15, 0.2) is 12.2 Å². The van der Waals surface area contributed by atoms with E-state index in [4.69, 9.17) is 5.26 Å². The summed E-state index contributed by atoms with van der Waals surface area (Å²) in [5.41, 5.74) is 0. The average molecular weight is 165 g/mol. The number of nitrogens with zero attached hydrogens (tertiary/aromatic N) is 2. The van der Waals surface area contributed by atoms with Crippen LogP contribution < -0.4 is 5.32 Å². The molecule has 3 heteroatoms. The predicted molar refractivity (Wildman–Crippen MR) is 48.7 cm³/mol. The molecule has 0 saturated carbocycles. The first-order valence-corrected chi connectivity index (χ1v) is 4.34. The number of hydrogen-bond donors (Lipinski definition) is 1. The predicted octanol–water partition coefficient (Wildman–Crippen LogP) is 0.360. The van der Waals surface area contributed by atoms with E-state index in [2.05, 4.69) is 22.4 Å². The summed E-state index contributed by atoms with van der Waals surface area (Å²) < 4.78 is 0. The number of nitriles is 1. The van der Waals surface area contributed by atoms with Gasteiger partial charge in [-0.2, -0.15) is 5.26 Å². The van der Waals surface area contributed by atoms with Crippen molar-refractivity contribution in [1.29, 1.82) is 5.26 Å². The summed E-state index contributed by atoms with van der Waals surface area (Å²) in [6.45, 7) is 5.67. The standard InChI is InChI=1S/C9H15N3/c1-2-3-5-12-6-4-11-8-9(12)7-10/h2-3,9,11H,4-6,8H2,1H3. The highest BCUT2D eigenvalue weighted by molar-refractivity contribution is 4.98. The highest BCUT2D eigenvalue weighted by Gasteiger charge is 2.19. The molecular weight excluding hydrogens is 150 g/mol. The maximum absolute atomic E-state index is 8.81. The summed E-state index contributed by atoms with van der Waals surface area (Å²) in [5, 5.41) is 12.0. The number of rotatable bonds is 2. The second-order valence-electron chi connectivity index (χ2n) is 2.91. The minimum atomic E-state index is 0.0509. The Hall–Kier alpha value is -0.850. The molecular formula is C9H15N3. The molecule has 0 aromatic rings. The Morgan fingerprint density at radius 1 is 1.75 bits per heavy atom. The molecule has 1 heterocycles. The lowest BCUT2D eigenvalue weighted by atomic mass is 10.2. The highest BCUT2D eigenvalue weighted by atomic mass is 15.2. The number of hydrogen-bond acceptors (Lipinski definition) is 3. The smallest absolute Gasteiger partial charge is 0.111 e. The van der Waals surface area contributed by atoms with Gasteiger partial charge in [0.2, 0.25) is 0 Å². The van der Waals surface area contributed by atoms with Crippen LogP contribution in [-0.2, 0) is 0 Å². The number of allylic oxidation sites excluding steroid dienone is 1. The molecule has 1 N–H and O–H groups in total. The van der Waals surface area contributed by atoms with E-state index in [1.807, 2.05) is 13.0 Å². The Kier molecular flexibility index (Phi) is 3.78. The first kappa shape index (κ1) is 9.24. The molecule has 1 atom stereocenters. The fourth-order valence-electron chi connectivity index (χ4n) is 1.33. The van der Waals surface area contributed by atoms with Crippen molar-refractivity contribution in [3.63, 3.8) is 0 Å². The van der Waals surface area contributed by atoms with Gasteiger partial charge in [0, 0.05) is 26.2 Å². The van der Waals surface area contributed by atoms with Crippen LogP contribution in [0.5, 0.6) is 0 Å². The molecule has 1 rings (SSSR count). The Balaban J connectivity index is 2.42. The molecule has 0 amide bonds. The zero-order chi connectivity index (χ0) is 8.81. The van der Waals surface area contributed by atoms with E-state index in [1.165, 1.54) is 0 Å². The van der Waals surface area contributed by atoms with E-state index in [1.54, 1.807) is 0 Å². The molecule has 0 aromatic carbocycles. The van der Waals surface area contributed by atoms with Crippen molar-refractivity contribution in [2.24, 2.45) is 0 Å². The first-order chi connectivity index (χ1) is 5.88. The Morgan fingerprint density at radius 2 is 2.58 bits per heavy atom. The maximum atomic E-state index is 8.81. The van der Waals surface area contributed by atoms with Gasteiger partial charge in [0.25, 0.3) is 0 Å². The van der Waals surface area contributed by atoms with Crippen molar-refractivity contribution in [3.05, 3.63) is 12.2 Å². The largest absolute Gasteiger partial charge is 0.313 e. The molecule has 0 aromatic heterocycles. The summed E-state index contributed by atoms with van der Waals surface area (Å²) in [6.07, 6.45) is 4.12. The lowest BCUT2D eigenvalue weighted by molar-refractivity contribution is 0.218. The molecule has 12 heavy (non-hydrogen) atoms. The normalized spacial score (nSPS) is 25.8. The average Bonchev–Trinajstić information content (AvgIpc) is 2.15. The quantitative estimate of drug-likeness (QED) is 0.600. The molecule has 0 aliphatic carbocycles. The fraction of sp³-hybridized carbons (Fsp3) is 0.667. The third kappa shape index (κ3) is 2.33. The maximum Gasteiger partial charge on any atom is 0.111 e. The van der Waals surface area contributed by atoms with E-state index in [0.29, 0.717) is 0 Å². The first-order valence-electron chi connectivity index (χ1n) is 4.34. The lowest BCUT2D eigenvalue weighted by Gasteiger charge is -2.30. The third-order valence-electron chi connectivity index (χ3n) is 2.08. The van der Waals surface area contributed by atoms with E-state index in [0.717, 1.165) is 26.2 Å². The molecule has 3 nitrogen and oxygen atoms in total. The van der Waals surface area contributed by atoms with Crippen LogP contribution in [0.3, 0.4) is 0 Å². The molecule has 1 fully saturated rings. The second-order valence-corrected chi connectivity index (χ2v) is 2.91. The molecule has 1 unspecified atom stereocenters. The van der Waals surface area contributed by atoms with Crippen molar-refractivity contribution in [1.82, 2.24) is 10.2 Å². The molecule has 0 radical (unpaired) electrons. The Labute approximate surface area is 73.7 Å². The van der Waals surface area contributed by atoms with Gasteiger partial charge in [0.1, 0.15) is 6.04 Å². The Morgan fingerprint density at radius 3 is 3.25 bits per heavy atom. The topological polar surface area (TPSA) is 39.1 Å². The van der Waals surface area contributed by atoms with Gasteiger partial charge in [-0.15, -0.1) is 0 Å². The van der Waals surface area contributed by atoms with Gasteiger partial charge in [0.15, 0.2) is 0 Å². The molecule has 1 aliphatic rings. The van der Waals surface area contributed by atoms with Gasteiger partial charge >= 0.3 is 0 Å². The summed E-state index contributed by atoms with van der Waals surface area (Å²) in [7, 11) is 0. The monoisotopic (exact) mass is 165 g/mol. The lowest BCUT2D eigenvalue weighted by Crippen LogP contribution is -2.50. The minimum absolute atomic E-state index is 0.0509. The summed E-state index contributed by atoms with van der Waals surface area (Å²) in [6, 6.07) is 2.34. The summed E-state index contributed by atoms with van der Waals surface area (Å²) in [4.78, 5) is 2.19. The molecule has 1 saturated heterocycles. The minimum Gasteiger partial charge on any atom is -0.313 e. The highest BCUT2D eigenvalue weighted by Crippen LogP contribution is 2.01. The van der Waals surface area contributed by atoms with Gasteiger partial charge < -0.3 is 5.32 Å². The van der Waals surface area contributed by atoms with Gasteiger partial charge in [-0.1, -0.05) is 12.2 Å². The molecule has 1 aliphatic heterocycles. The fourth-order valence-corrected chi connectivity index (χ4v) is 1.33. The second kappa shape index (κ2) is 4.91. The van der Waals surface area contributed by atoms with Gasteiger partial charge in [0.05, 0.1) is 6.07 Å². The van der Waals surface area contributed by atoms with Crippen LogP contribution in [0.4, 0.5) is 0 Å². The number of nitrogens with one attached hydrogen (secondary N) is 1. The van der Waals surface area contributed by atoms with Crippen molar-refractivity contribution in [2.45, 2.75) is 13.0 Å². The van der Waals surface area contributed by atoms with Gasteiger partial charge in [-0.3, -0.25) is 4.90 Å². The molecule has 66 valence electrons. The van der Waals surface area contributed by atoms with Crippen LogP contribution in [-0.4, -0.2) is 37.1 Å². The van der Waals surface area contributed by atoms with Crippen LogP contribution in [0.1, 0.15) is 6.92 Å². The third-order valence-corrected chi connectivity index (χ3v) is 2.08. The van der Waals surface area contributed by atoms with Crippen molar-refractivity contribution < 1.29 is 0 Å². The van der Waals surface area contributed by atoms with Crippen LogP contribution in [0.25, 0.3) is 0 Å². The summed E-state index contributed by atoms with van der Waals surface area (Å²) in [5.74, 6) is 0. The zero-order valence-electron chi connectivity index (χ0n) is 7.45. The van der Waals surface area contributed by atoms with E-state index < -0.39 is 0 Å². The zero-order valence-corrected chi connectivity index (χ0v) is 7.45. The van der Waals surface area contributed by atoms with Crippen LogP contribution in [0, 0.1) is 11.3 Å². The molecule has 0 spiro atoms. The van der Waals surface area contributed by atoms with Gasteiger partial charge in [-0.25, -0.2) is 0 Å².